The zero-order valence-electron chi connectivity index (χ0n) is 16.9. The van der Waals surface area contributed by atoms with Gasteiger partial charge in [-0.15, -0.1) is 11.3 Å². The predicted octanol–water partition coefficient (Wildman–Crippen LogP) is 5.78. The SMILES string of the molecule is O=C(COC(=O)C(c1ccccc1)c1ccccc1)Nc1nc(-c2ccccc2Cl)cs1. The number of aromatic nitrogens is 1. The normalized spacial score (nSPS) is 10.7. The van der Waals surface area contributed by atoms with Gasteiger partial charge in [0, 0.05) is 16.0 Å². The predicted molar refractivity (Wildman–Crippen MR) is 127 cm³/mol. The first-order valence-electron chi connectivity index (χ1n) is 9.88. The van der Waals surface area contributed by atoms with E-state index >= 15 is 0 Å². The van der Waals surface area contributed by atoms with Crippen LogP contribution < -0.4 is 5.32 Å². The quantitative estimate of drug-likeness (QED) is 0.353. The first-order valence-corrected chi connectivity index (χ1v) is 11.1. The van der Waals surface area contributed by atoms with Gasteiger partial charge in [0.2, 0.25) is 0 Å². The maximum Gasteiger partial charge on any atom is 0.318 e. The number of thiazole rings is 1. The molecular formula is C25H19ClN2O3S. The molecule has 1 aromatic heterocycles. The van der Waals surface area contributed by atoms with E-state index in [2.05, 4.69) is 10.3 Å². The Balaban J connectivity index is 1.41. The molecule has 3 aromatic carbocycles. The lowest BCUT2D eigenvalue weighted by atomic mass is 9.91. The smallest absolute Gasteiger partial charge is 0.318 e. The Morgan fingerprint density at radius 1 is 0.906 bits per heavy atom. The zero-order chi connectivity index (χ0) is 22.3. The number of benzene rings is 3. The van der Waals surface area contributed by atoms with Gasteiger partial charge in [-0.1, -0.05) is 90.5 Å². The van der Waals surface area contributed by atoms with Gasteiger partial charge in [0.25, 0.3) is 5.91 Å². The van der Waals surface area contributed by atoms with Crippen molar-refractivity contribution in [1.29, 1.82) is 0 Å². The number of hydrogen-bond acceptors (Lipinski definition) is 5. The molecule has 0 fully saturated rings. The van der Waals surface area contributed by atoms with E-state index in [1.54, 1.807) is 6.07 Å². The molecule has 0 radical (unpaired) electrons. The molecular weight excluding hydrogens is 444 g/mol. The Morgan fingerprint density at radius 3 is 2.12 bits per heavy atom. The molecule has 5 nitrogen and oxygen atoms in total. The van der Waals surface area contributed by atoms with Crippen molar-refractivity contribution in [2.75, 3.05) is 11.9 Å². The minimum atomic E-state index is -0.614. The Labute approximate surface area is 194 Å². The number of hydrogen-bond donors (Lipinski definition) is 1. The van der Waals surface area contributed by atoms with Crippen LogP contribution in [0.3, 0.4) is 0 Å². The van der Waals surface area contributed by atoms with Gasteiger partial charge >= 0.3 is 5.97 Å². The van der Waals surface area contributed by atoms with Gasteiger partial charge < -0.3 is 4.74 Å². The van der Waals surface area contributed by atoms with Gasteiger partial charge in [0.15, 0.2) is 11.7 Å². The fraction of sp³-hybridized carbons (Fsp3) is 0.0800. The molecule has 0 saturated heterocycles. The third-order valence-corrected chi connectivity index (χ3v) is 5.83. The van der Waals surface area contributed by atoms with Crippen molar-refractivity contribution in [2.24, 2.45) is 0 Å². The highest BCUT2D eigenvalue weighted by Crippen LogP contribution is 2.30. The summed E-state index contributed by atoms with van der Waals surface area (Å²) < 4.78 is 5.36. The van der Waals surface area contributed by atoms with Crippen LogP contribution in [0.25, 0.3) is 11.3 Å². The van der Waals surface area contributed by atoms with Crippen molar-refractivity contribution in [2.45, 2.75) is 5.92 Å². The Bertz CT molecular complexity index is 1170. The second kappa shape index (κ2) is 10.2. The zero-order valence-corrected chi connectivity index (χ0v) is 18.5. The number of carbonyl (C=O) groups is 2. The van der Waals surface area contributed by atoms with Crippen molar-refractivity contribution in [3.63, 3.8) is 0 Å². The second-order valence-electron chi connectivity index (χ2n) is 6.93. The number of ether oxygens (including phenoxy) is 1. The van der Waals surface area contributed by atoms with Crippen LogP contribution in [0.1, 0.15) is 17.0 Å². The summed E-state index contributed by atoms with van der Waals surface area (Å²) >= 11 is 7.48. The highest BCUT2D eigenvalue weighted by molar-refractivity contribution is 7.14. The summed E-state index contributed by atoms with van der Waals surface area (Å²) in [6, 6.07) is 26.0. The van der Waals surface area contributed by atoms with Crippen molar-refractivity contribution in [3.05, 3.63) is 106 Å². The molecule has 4 aromatic rings. The van der Waals surface area contributed by atoms with Gasteiger partial charge in [-0.3, -0.25) is 14.9 Å². The minimum absolute atomic E-state index is 0.406. The number of halogens is 1. The largest absolute Gasteiger partial charge is 0.455 e. The van der Waals surface area contributed by atoms with Crippen LogP contribution >= 0.6 is 22.9 Å². The lowest BCUT2D eigenvalue weighted by Gasteiger charge is -2.16. The molecule has 32 heavy (non-hydrogen) atoms. The lowest BCUT2D eigenvalue weighted by molar-refractivity contribution is -0.147. The molecule has 1 heterocycles. The van der Waals surface area contributed by atoms with Crippen molar-refractivity contribution >= 4 is 39.9 Å². The molecule has 1 N–H and O–H groups in total. The fourth-order valence-electron chi connectivity index (χ4n) is 3.25. The summed E-state index contributed by atoms with van der Waals surface area (Å²) in [6.07, 6.45) is 0. The number of esters is 1. The van der Waals surface area contributed by atoms with Gasteiger partial charge in [0.1, 0.15) is 5.92 Å². The molecule has 7 heteroatoms. The summed E-state index contributed by atoms with van der Waals surface area (Å²) in [5.41, 5.74) is 3.05. The third-order valence-electron chi connectivity index (χ3n) is 4.75. The summed E-state index contributed by atoms with van der Waals surface area (Å²) in [5, 5.41) is 5.47. The molecule has 0 bridgehead atoms. The first kappa shape index (κ1) is 21.7. The third kappa shape index (κ3) is 5.22. The molecule has 0 aliphatic carbocycles. The number of carbonyl (C=O) groups excluding carboxylic acids is 2. The second-order valence-corrected chi connectivity index (χ2v) is 8.19. The summed E-state index contributed by atoms with van der Waals surface area (Å²) in [7, 11) is 0. The average molecular weight is 463 g/mol. The van der Waals surface area contributed by atoms with E-state index in [0.29, 0.717) is 15.8 Å². The van der Waals surface area contributed by atoms with Crippen LogP contribution in [0.5, 0.6) is 0 Å². The maximum absolute atomic E-state index is 12.9. The molecule has 1 amide bonds. The molecule has 0 aliphatic heterocycles. The van der Waals surface area contributed by atoms with E-state index in [1.807, 2.05) is 84.2 Å². The standard InChI is InChI=1S/C25H19ClN2O3S/c26-20-14-8-7-13-19(20)21-16-32-25(27-21)28-22(29)15-31-24(30)23(17-9-3-1-4-10-17)18-11-5-2-6-12-18/h1-14,16,23H,15H2,(H,27,28,29). The van der Waals surface area contributed by atoms with Crippen LogP contribution in [0, 0.1) is 0 Å². The number of nitrogens with one attached hydrogen (secondary N) is 1. The molecule has 4 rings (SSSR count). The van der Waals surface area contributed by atoms with Gasteiger partial charge in [0.05, 0.1) is 5.69 Å². The molecule has 160 valence electrons. The van der Waals surface area contributed by atoms with Crippen LogP contribution in [-0.2, 0) is 14.3 Å². The number of amides is 1. The Kier molecular flexibility index (Phi) is 6.94. The monoisotopic (exact) mass is 462 g/mol. The van der Waals surface area contributed by atoms with E-state index in [0.717, 1.165) is 16.7 Å². The molecule has 0 unspecified atom stereocenters. The topological polar surface area (TPSA) is 68.3 Å². The van der Waals surface area contributed by atoms with Gasteiger partial charge in [-0.25, -0.2) is 4.98 Å². The molecule has 0 spiro atoms. The summed E-state index contributed by atoms with van der Waals surface area (Å²) in [5.74, 6) is -1.57. The van der Waals surface area contributed by atoms with Crippen LogP contribution in [0.15, 0.2) is 90.3 Å². The highest BCUT2D eigenvalue weighted by atomic mass is 35.5. The van der Waals surface area contributed by atoms with Crippen molar-refractivity contribution in [1.82, 2.24) is 4.98 Å². The average Bonchev–Trinajstić information content (AvgIpc) is 3.28. The Hall–Kier alpha value is -3.48. The molecule has 0 aliphatic rings. The van der Waals surface area contributed by atoms with E-state index < -0.39 is 24.4 Å². The minimum Gasteiger partial charge on any atom is -0.455 e. The van der Waals surface area contributed by atoms with Crippen LogP contribution in [-0.4, -0.2) is 23.5 Å². The number of rotatable bonds is 7. The number of anilines is 1. The van der Waals surface area contributed by atoms with E-state index in [4.69, 9.17) is 16.3 Å². The van der Waals surface area contributed by atoms with Crippen LogP contribution in [0.2, 0.25) is 5.02 Å². The Morgan fingerprint density at radius 2 is 1.50 bits per heavy atom. The molecule has 0 atom stereocenters. The van der Waals surface area contributed by atoms with E-state index in [9.17, 15) is 9.59 Å². The summed E-state index contributed by atoms with van der Waals surface area (Å²) in [6.45, 7) is -0.407. The molecule has 0 saturated carbocycles. The van der Waals surface area contributed by atoms with Gasteiger partial charge in [-0.05, 0) is 17.2 Å². The van der Waals surface area contributed by atoms with Crippen molar-refractivity contribution < 1.29 is 14.3 Å². The highest BCUT2D eigenvalue weighted by Gasteiger charge is 2.25. The van der Waals surface area contributed by atoms with E-state index in [-0.39, 0.29) is 0 Å². The van der Waals surface area contributed by atoms with Crippen molar-refractivity contribution in [3.8, 4) is 11.3 Å². The number of nitrogens with zero attached hydrogens (tertiary/aromatic N) is 1. The maximum atomic E-state index is 12.9. The van der Waals surface area contributed by atoms with E-state index in [1.165, 1.54) is 11.3 Å². The lowest BCUT2D eigenvalue weighted by Crippen LogP contribution is -2.24. The van der Waals surface area contributed by atoms with Gasteiger partial charge in [-0.2, -0.15) is 0 Å². The van der Waals surface area contributed by atoms with Crippen LogP contribution in [0.4, 0.5) is 5.13 Å². The first-order chi connectivity index (χ1) is 15.6. The fourth-order valence-corrected chi connectivity index (χ4v) is 4.21. The summed E-state index contributed by atoms with van der Waals surface area (Å²) in [4.78, 5) is 29.7.